The molecule has 1 aromatic rings. The smallest absolute Gasteiger partial charge is 0.303 e. The molecule has 0 spiro atoms. The van der Waals surface area contributed by atoms with Crippen LogP contribution >= 0.6 is 15.9 Å². The van der Waals surface area contributed by atoms with Gasteiger partial charge in [-0.05, 0) is 43.2 Å². The van der Waals surface area contributed by atoms with Crippen molar-refractivity contribution in [1.29, 1.82) is 0 Å². The molecular weight excluding hydrogens is 376 g/mol. The molecule has 0 amide bonds. The Morgan fingerprint density at radius 1 is 0.720 bits per heavy atom. The Morgan fingerprint density at radius 2 is 1.16 bits per heavy atom. The second-order valence-electron chi connectivity index (χ2n) is 6.99. The molecule has 0 aromatic heterocycles. The predicted octanol–water partition coefficient (Wildman–Crippen LogP) is 6.93. The molecule has 0 saturated heterocycles. The molecule has 142 valence electrons. The first-order valence-electron chi connectivity index (χ1n) is 10.1. The lowest BCUT2D eigenvalue weighted by Gasteiger charge is -2.09. The zero-order valence-electron chi connectivity index (χ0n) is 15.6. The molecule has 0 radical (unpaired) electrons. The predicted molar refractivity (Wildman–Crippen MR) is 111 cm³/mol. The average molecular weight is 411 g/mol. The average Bonchev–Trinajstić information content (AvgIpc) is 2.60. The van der Waals surface area contributed by atoms with Crippen LogP contribution in [0.25, 0.3) is 0 Å². The Hall–Kier alpha value is -0.830. The van der Waals surface area contributed by atoms with Gasteiger partial charge in [-0.15, -0.1) is 0 Å². The quantitative estimate of drug-likeness (QED) is 0.236. The van der Waals surface area contributed by atoms with Crippen LogP contribution in [0.1, 0.15) is 88.2 Å². The minimum atomic E-state index is -0.694. The molecule has 25 heavy (non-hydrogen) atoms. The summed E-state index contributed by atoms with van der Waals surface area (Å²) in [6, 6.07) is 8.54. The van der Waals surface area contributed by atoms with Crippen LogP contribution in [0.5, 0.6) is 0 Å². The molecule has 0 aliphatic heterocycles. The van der Waals surface area contributed by atoms with Crippen molar-refractivity contribution < 1.29 is 9.90 Å². The van der Waals surface area contributed by atoms with Crippen LogP contribution in [0.15, 0.2) is 24.3 Å². The van der Waals surface area contributed by atoms with Gasteiger partial charge in [0.2, 0.25) is 0 Å². The van der Waals surface area contributed by atoms with Crippen LogP contribution in [-0.2, 0) is 17.6 Å². The van der Waals surface area contributed by atoms with E-state index in [0.29, 0.717) is 0 Å². The first-order chi connectivity index (χ1) is 12.2. The van der Waals surface area contributed by atoms with Crippen molar-refractivity contribution in [3.8, 4) is 0 Å². The van der Waals surface area contributed by atoms with Crippen molar-refractivity contribution in [2.45, 2.75) is 89.9 Å². The summed E-state index contributed by atoms with van der Waals surface area (Å²) in [6.45, 7) is 0. The van der Waals surface area contributed by atoms with Crippen molar-refractivity contribution in [2.75, 3.05) is 5.33 Å². The second kappa shape index (κ2) is 15.4. The summed E-state index contributed by atoms with van der Waals surface area (Å²) in [7, 11) is 0. The maximum atomic E-state index is 10.7. The zero-order valence-corrected chi connectivity index (χ0v) is 17.2. The summed E-state index contributed by atoms with van der Waals surface area (Å²) >= 11 is 3.48. The Labute approximate surface area is 162 Å². The van der Waals surface area contributed by atoms with E-state index in [-0.39, 0.29) is 6.42 Å². The van der Waals surface area contributed by atoms with Gasteiger partial charge in [-0.25, -0.2) is 0 Å². The third kappa shape index (κ3) is 12.2. The van der Waals surface area contributed by atoms with Crippen molar-refractivity contribution in [2.24, 2.45) is 0 Å². The molecule has 0 heterocycles. The number of carboxylic acid groups (broad SMARTS) is 1. The number of benzene rings is 1. The van der Waals surface area contributed by atoms with E-state index in [4.69, 9.17) is 5.11 Å². The second-order valence-corrected chi connectivity index (χ2v) is 7.78. The molecule has 0 aliphatic rings. The summed E-state index contributed by atoms with van der Waals surface area (Å²) in [4.78, 5) is 10.7. The maximum absolute atomic E-state index is 10.7. The fraction of sp³-hybridized carbons (Fsp3) is 0.682. The highest BCUT2D eigenvalue weighted by atomic mass is 79.9. The van der Waals surface area contributed by atoms with E-state index in [1.165, 1.54) is 75.3 Å². The molecule has 1 rings (SSSR count). The van der Waals surface area contributed by atoms with Gasteiger partial charge in [0.25, 0.3) is 0 Å². The van der Waals surface area contributed by atoms with Gasteiger partial charge in [-0.1, -0.05) is 91.6 Å². The van der Waals surface area contributed by atoms with Gasteiger partial charge >= 0.3 is 5.97 Å². The largest absolute Gasteiger partial charge is 0.481 e. The van der Waals surface area contributed by atoms with Crippen LogP contribution in [0, 0.1) is 0 Å². The van der Waals surface area contributed by atoms with Crippen molar-refractivity contribution in [1.82, 2.24) is 0 Å². The van der Waals surface area contributed by atoms with Gasteiger partial charge in [0.1, 0.15) is 0 Å². The van der Waals surface area contributed by atoms with E-state index in [1.54, 1.807) is 0 Å². The lowest BCUT2D eigenvalue weighted by molar-refractivity contribution is -0.137. The molecule has 0 bridgehead atoms. The normalized spacial score (nSPS) is 10.9. The number of hydrogen-bond donors (Lipinski definition) is 1. The van der Waals surface area contributed by atoms with Gasteiger partial charge in [0.15, 0.2) is 0 Å². The van der Waals surface area contributed by atoms with E-state index in [2.05, 4.69) is 40.2 Å². The standard InChI is InChI=1S/C22H35BrO2/c23-19-12-8-6-4-2-1-3-5-7-9-14-20-15-10-11-16-21(20)17-13-18-22(24)25/h10-11,15-16H,1-9,12-14,17-19H2,(H,24,25). The van der Waals surface area contributed by atoms with Crippen LogP contribution in [0.3, 0.4) is 0 Å². The molecule has 1 aromatic carbocycles. The highest BCUT2D eigenvalue weighted by molar-refractivity contribution is 9.09. The molecule has 0 saturated carbocycles. The SMILES string of the molecule is O=C(O)CCCc1ccccc1CCCCCCCCCCCCBr. The van der Waals surface area contributed by atoms with Crippen LogP contribution in [0.2, 0.25) is 0 Å². The lowest BCUT2D eigenvalue weighted by atomic mass is 9.97. The third-order valence-corrected chi connectivity index (χ3v) is 5.35. The number of rotatable bonds is 16. The van der Waals surface area contributed by atoms with Crippen molar-refractivity contribution in [3.05, 3.63) is 35.4 Å². The third-order valence-electron chi connectivity index (χ3n) is 4.78. The summed E-state index contributed by atoms with van der Waals surface area (Å²) in [5.74, 6) is -0.694. The zero-order chi connectivity index (χ0) is 18.2. The molecule has 0 fully saturated rings. The summed E-state index contributed by atoms with van der Waals surface area (Å²) < 4.78 is 0. The summed E-state index contributed by atoms with van der Waals surface area (Å²) in [5, 5.41) is 9.92. The van der Waals surface area contributed by atoms with E-state index in [9.17, 15) is 4.79 Å². The Morgan fingerprint density at radius 3 is 1.64 bits per heavy atom. The minimum Gasteiger partial charge on any atom is -0.481 e. The lowest BCUT2D eigenvalue weighted by Crippen LogP contribution is -1.99. The highest BCUT2D eigenvalue weighted by Crippen LogP contribution is 2.17. The topological polar surface area (TPSA) is 37.3 Å². The molecule has 0 unspecified atom stereocenters. The molecule has 2 nitrogen and oxygen atoms in total. The van der Waals surface area contributed by atoms with Crippen molar-refractivity contribution in [3.63, 3.8) is 0 Å². The van der Waals surface area contributed by atoms with Gasteiger partial charge in [-0.3, -0.25) is 4.79 Å². The number of alkyl halides is 1. The number of aryl methyl sites for hydroxylation is 2. The van der Waals surface area contributed by atoms with Crippen LogP contribution in [0.4, 0.5) is 0 Å². The van der Waals surface area contributed by atoms with Crippen LogP contribution in [-0.4, -0.2) is 16.4 Å². The van der Waals surface area contributed by atoms with E-state index in [1.807, 2.05) is 0 Å². The van der Waals surface area contributed by atoms with E-state index >= 15 is 0 Å². The fourth-order valence-corrected chi connectivity index (χ4v) is 3.70. The fourth-order valence-electron chi connectivity index (χ4n) is 3.30. The number of halogens is 1. The van der Waals surface area contributed by atoms with Gasteiger partial charge < -0.3 is 5.11 Å². The molecule has 0 atom stereocenters. The molecule has 3 heteroatoms. The van der Waals surface area contributed by atoms with Crippen molar-refractivity contribution >= 4 is 21.9 Å². The number of unbranched alkanes of at least 4 members (excludes halogenated alkanes) is 9. The first-order valence-corrected chi connectivity index (χ1v) is 11.2. The summed E-state index contributed by atoms with van der Waals surface area (Å²) in [5.41, 5.74) is 2.76. The van der Waals surface area contributed by atoms with E-state index in [0.717, 1.165) is 24.6 Å². The Balaban J connectivity index is 2.07. The number of carbonyl (C=O) groups is 1. The Bertz CT molecular complexity index is 459. The number of hydrogen-bond acceptors (Lipinski definition) is 1. The Kier molecular flexibility index (Phi) is 13.7. The maximum Gasteiger partial charge on any atom is 0.303 e. The number of carboxylic acids is 1. The first kappa shape index (κ1) is 22.2. The van der Waals surface area contributed by atoms with Gasteiger partial charge in [-0.2, -0.15) is 0 Å². The monoisotopic (exact) mass is 410 g/mol. The minimum absolute atomic E-state index is 0.268. The number of aliphatic carboxylic acids is 1. The molecule has 0 aliphatic carbocycles. The van der Waals surface area contributed by atoms with Gasteiger partial charge in [0.05, 0.1) is 0 Å². The van der Waals surface area contributed by atoms with Crippen LogP contribution < -0.4 is 0 Å². The van der Waals surface area contributed by atoms with E-state index < -0.39 is 5.97 Å². The summed E-state index contributed by atoms with van der Waals surface area (Å²) in [6.07, 6.45) is 16.6. The molecule has 1 N–H and O–H groups in total. The molecular formula is C22H35BrO2. The highest BCUT2D eigenvalue weighted by Gasteiger charge is 2.04. The van der Waals surface area contributed by atoms with Gasteiger partial charge in [0, 0.05) is 11.8 Å².